The summed E-state index contributed by atoms with van der Waals surface area (Å²) in [5.74, 6) is 0.903. The van der Waals surface area contributed by atoms with Gasteiger partial charge in [-0.1, -0.05) is 12.2 Å². The van der Waals surface area contributed by atoms with Crippen molar-refractivity contribution in [3.63, 3.8) is 0 Å². The highest BCUT2D eigenvalue weighted by molar-refractivity contribution is 6.12. The average Bonchev–Trinajstić information content (AvgIpc) is 3.76. The molecule has 3 N–H and O–H groups in total. The predicted octanol–water partition coefficient (Wildman–Crippen LogP) is 5.19. The van der Waals surface area contributed by atoms with Crippen LogP contribution in [-0.2, 0) is 16.6 Å². The van der Waals surface area contributed by atoms with Gasteiger partial charge in [-0.25, -0.2) is 4.39 Å². The predicted molar refractivity (Wildman–Crippen MR) is 165 cm³/mol. The fourth-order valence-electron chi connectivity index (χ4n) is 6.06. The second kappa shape index (κ2) is 12.8. The number of amides is 1. The van der Waals surface area contributed by atoms with E-state index in [4.69, 9.17) is 23.7 Å². The van der Waals surface area contributed by atoms with Crippen LogP contribution in [0.3, 0.4) is 0 Å². The number of aliphatic hydroxyl groups excluding tert-OH is 2. The van der Waals surface area contributed by atoms with Crippen molar-refractivity contribution in [2.75, 3.05) is 31.9 Å². The highest BCUT2D eigenvalue weighted by atomic mass is 19.1. The number of aliphatic hydroxyl groups is 2. The van der Waals surface area contributed by atoms with Gasteiger partial charge in [0.2, 0.25) is 12.7 Å². The topological polar surface area (TPSA) is 116 Å². The second-order valence-electron chi connectivity index (χ2n) is 11.3. The Balaban J connectivity index is 1.57. The van der Waals surface area contributed by atoms with Gasteiger partial charge >= 0.3 is 0 Å². The lowest BCUT2D eigenvalue weighted by Gasteiger charge is -2.33. The molecule has 0 aliphatic carbocycles. The van der Waals surface area contributed by atoms with Crippen molar-refractivity contribution in [3.05, 3.63) is 95.8 Å². The van der Waals surface area contributed by atoms with E-state index in [1.807, 2.05) is 6.07 Å². The Labute approximate surface area is 260 Å². The van der Waals surface area contributed by atoms with E-state index in [2.05, 4.69) is 18.5 Å². The lowest BCUT2D eigenvalue weighted by molar-refractivity contribution is -0.118. The van der Waals surface area contributed by atoms with Crippen LogP contribution in [0.1, 0.15) is 47.9 Å². The number of rotatable bonds is 14. The Hall–Kier alpha value is -4.54. The van der Waals surface area contributed by atoms with E-state index in [-0.39, 0.29) is 25.8 Å². The summed E-state index contributed by atoms with van der Waals surface area (Å²) in [5, 5.41) is 24.2. The Morgan fingerprint density at radius 2 is 1.49 bits per heavy atom. The largest absolute Gasteiger partial charge is 0.493 e. The number of fused-ring (bicyclic) bond motifs is 3. The molecular formula is C35H36FNO8. The van der Waals surface area contributed by atoms with E-state index in [9.17, 15) is 15.0 Å². The summed E-state index contributed by atoms with van der Waals surface area (Å²) in [6.45, 7) is 7.71. The molecule has 3 heterocycles. The van der Waals surface area contributed by atoms with Crippen molar-refractivity contribution < 1.29 is 43.1 Å². The van der Waals surface area contributed by atoms with Crippen molar-refractivity contribution in [2.45, 2.75) is 49.7 Å². The van der Waals surface area contributed by atoms with E-state index in [0.717, 1.165) is 5.56 Å². The first-order chi connectivity index (χ1) is 21.8. The third kappa shape index (κ3) is 5.71. The highest BCUT2D eigenvalue weighted by Crippen LogP contribution is 2.56. The first kappa shape index (κ1) is 30.5. The fraction of sp³-hybridized carbons (Fsp3) is 0.343. The molecule has 3 aliphatic heterocycles. The second-order valence-corrected chi connectivity index (χ2v) is 11.3. The number of hydrogen-bond donors (Lipinski definition) is 3. The summed E-state index contributed by atoms with van der Waals surface area (Å²) in [6, 6.07) is 11.0. The number of carbonyl (C=O) groups excluding carboxylic acids is 1. The molecule has 3 aromatic rings. The van der Waals surface area contributed by atoms with Crippen LogP contribution >= 0.6 is 0 Å². The minimum atomic E-state index is -1.72. The first-order valence-electron chi connectivity index (χ1n) is 15.0. The molecule has 236 valence electrons. The highest BCUT2D eigenvalue weighted by Gasteiger charge is 2.54. The fourth-order valence-corrected chi connectivity index (χ4v) is 6.06. The number of allylic oxidation sites excluding steroid dienone is 2. The number of nitrogens with one attached hydrogen (secondary N) is 1. The number of ether oxygens (including phenoxy) is 5. The normalized spacial score (nSPS) is 18.8. The molecule has 0 radical (unpaired) electrons. The van der Waals surface area contributed by atoms with E-state index in [1.54, 1.807) is 30.4 Å². The van der Waals surface area contributed by atoms with Crippen LogP contribution < -0.4 is 29.0 Å². The average molecular weight is 618 g/mol. The van der Waals surface area contributed by atoms with Gasteiger partial charge in [0, 0.05) is 40.4 Å². The van der Waals surface area contributed by atoms with Crippen LogP contribution in [0.25, 0.3) is 0 Å². The molecule has 10 heteroatoms. The molecule has 3 atom stereocenters. The molecule has 3 aliphatic rings. The van der Waals surface area contributed by atoms with Crippen LogP contribution in [0.15, 0.2) is 67.8 Å². The Morgan fingerprint density at radius 3 is 2.16 bits per heavy atom. The van der Waals surface area contributed by atoms with Gasteiger partial charge in [0.1, 0.15) is 41.7 Å². The summed E-state index contributed by atoms with van der Waals surface area (Å²) < 4.78 is 44.9. The van der Waals surface area contributed by atoms with Gasteiger partial charge < -0.3 is 39.2 Å². The minimum absolute atomic E-state index is 0.0335. The number of halogens is 1. The summed E-state index contributed by atoms with van der Waals surface area (Å²) >= 11 is 0. The summed E-state index contributed by atoms with van der Waals surface area (Å²) in [5.41, 5.74) is 0.612. The zero-order valence-electron chi connectivity index (χ0n) is 24.9. The number of anilines is 1. The zero-order valence-corrected chi connectivity index (χ0v) is 24.9. The van der Waals surface area contributed by atoms with Gasteiger partial charge in [-0.15, -0.1) is 13.2 Å². The van der Waals surface area contributed by atoms with E-state index in [0.29, 0.717) is 84.1 Å². The summed E-state index contributed by atoms with van der Waals surface area (Å²) in [4.78, 5) is 14.6. The third-order valence-corrected chi connectivity index (χ3v) is 8.32. The van der Waals surface area contributed by atoms with Crippen LogP contribution in [0.5, 0.6) is 28.7 Å². The van der Waals surface area contributed by atoms with E-state index >= 15 is 4.39 Å². The summed E-state index contributed by atoms with van der Waals surface area (Å²) in [7, 11) is 0. The molecule has 0 fully saturated rings. The van der Waals surface area contributed by atoms with Crippen LogP contribution in [0.2, 0.25) is 0 Å². The monoisotopic (exact) mass is 617 g/mol. The molecule has 9 nitrogen and oxygen atoms in total. The lowest BCUT2D eigenvalue weighted by atomic mass is 9.69. The number of benzene rings is 3. The van der Waals surface area contributed by atoms with E-state index < -0.39 is 29.3 Å². The van der Waals surface area contributed by atoms with Gasteiger partial charge in [0.15, 0.2) is 11.5 Å². The van der Waals surface area contributed by atoms with Crippen molar-refractivity contribution in [1.29, 1.82) is 0 Å². The Kier molecular flexibility index (Phi) is 8.69. The molecule has 45 heavy (non-hydrogen) atoms. The van der Waals surface area contributed by atoms with Crippen molar-refractivity contribution in [2.24, 2.45) is 0 Å². The molecule has 0 bridgehead atoms. The molecular weight excluding hydrogens is 581 g/mol. The van der Waals surface area contributed by atoms with Gasteiger partial charge in [-0.05, 0) is 62.1 Å². The molecule has 0 aromatic heterocycles. The van der Waals surface area contributed by atoms with Crippen LogP contribution in [-0.4, -0.2) is 54.9 Å². The third-order valence-electron chi connectivity index (χ3n) is 8.32. The number of hydrogen-bond acceptors (Lipinski definition) is 8. The van der Waals surface area contributed by atoms with Crippen molar-refractivity contribution in [1.82, 2.24) is 0 Å². The maximum Gasteiger partial charge on any atom is 0.244 e. The van der Waals surface area contributed by atoms with Gasteiger partial charge in [0.05, 0.1) is 18.8 Å². The molecule has 0 saturated carbocycles. The van der Waals surface area contributed by atoms with Gasteiger partial charge in [-0.3, -0.25) is 4.79 Å². The van der Waals surface area contributed by atoms with Crippen molar-refractivity contribution in [3.8, 4) is 28.7 Å². The standard InChI is InChI=1S/C35H36FNO8/c1-3-5-7-23(38)18-42-30-13-21-11-12-41-29(21)15-26(30)35(25-14-22(36)9-10-28(25)37-34(35)40)27-16-32-33(45-20-44-32)17-31(27)43-19-24(39)8-6-4-2/h3-4,9-10,13-17,23-24,38-39H,1-2,5-8,11-12,18-20H2,(H,37,40)/t23-,24-,35?/m1/s1. The molecule has 0 saturated heterocycles. The first-order valence-corrected chi connectivity index (χ1v) is 15.0. The van der Waals surface area contributed by atoms with Gasteiger partial charge in [0.25, 0.3) is 0 Å². The molecule has 6 rings (SSSR count). The molecule has 3 aromatic carbocycles. The smallest absolute Gasteiger partial charge is 0.244 e. The zero-order chi connectivity index (χ0) is 31.6. The van der Waals surface area contributed by atoms with Crippen molar-refractivity contribution >= 4 is 11.6 Å². The number of carbonyl (C=O) groups is 1. The summed E-state index contributed by atoms with van der Waals surface area (Å²) in [6.07, 6.45) is 4.53. The van der Waals surface area contributed by atoms with Gasteiger partial charge in [-0.2, -0.15) is 0 Å². The maximum absolute atomic E-state index is 15.1. The maximum atomic E-state index is 15.1. The quantitative estimate of drug-likeness (QED) is 0.212. The lowest BCUT2D eigenvalue weighted by Crippen LogP contribution is -2.38. The molecule has 1 amide bonds. The van der Waals surface area contributed by atoms with E-state index in [1.165, 1.54) is 18.2 Å². The minimum Gasteiger partial charge on any atom is -0.493 e. The molecule has 0 spiro atoms. The van der Waals surface area contributed by atoms with Crippen LogP contribution in [0, 0.1) is 5.82 Å². The Morgan fingerprint density at radius 1 is 0.867 bits per heavy atom. The SMILES string of the molecule is C=CCC[C@@H](O)COc1cc2c(cc1C1(c3cc4c(cc3OC[C@H](O)CCC=C)OCO4)C(=O)Nc3ccc(F)cc31)OCC2. The Bertz CT molecular complexity index is 1540. The molecule has 1 unspecified atom stereocenters. The van der Waals surface area contributed by atoms with Crippen LogP contribution in [0.4, 0.5) is 10.1 Å².